The normalized spacial score (nSPS) is 13.3. The molecule has 8 nitrogen and oxygen atoms in total. The molecule has 0 atom stereocenters. The Morgan fingerprint density at radius 2 is 1.39 bits per heavy atom. The number of ketones is 1. The van der Waals surface area contributed by atoms with Gasteiger partial charge in [-0.05, 0) is 40.8 Å². The van der Waals surface area contributed by atoms with E-state index in [1.54, 1.807) is 67.6 Å². The first kappa shape index (κ1) is 24.5. The van der Waals surface area contributed by atoms with E-state index >= 15 is 0 Å². The highest BCUT2D eigenvalue weighted by Gasteiger charge is 2.57. The molecule has 0 unspecified atom stereocenters. The number of ether oxygens (including phenoxy) is 2. The molecular formula is C28H23NO7. The third-order valence-corrected chi connectivity index (χ3v) is 6.17. The van der Waals surface area contributed by atoms with Crippen LogP contribution in [-0.2, 0) is 34.1 Å². The van der Waals surface area contributed by atoms with Gasteiger partial charge in [-0.2, -0.15) is 0 Å². The van der Waals surface area contributed by atoms with Crippen molar-refractivity contribution in [3.05, 3.63) is 94.5 Å². The number of Topliss-reactive ketones (excluding diaryl/α,β-unsaturated/α-hetero) is 1. The lowest BCUT2D eigenvalue weighted by molar-refractivity contribution is -0.159. The summed E-state index contributed by atoms with van der Waals surface area (Å²) in [5, 5.41) is 3.84. The predicted octanol–water partition coefficient (Wildman–Crippen LogP) is 3.76. The molecule has 36 heavy (non-hydrogen) atoms. The van der Waals surface area contributed by atoms with Crippen molar-refractivity contribution in [2.24, 2.45) is 5.16 Å². The van der Waals surface area contributed by atoms with Crippen LogP contribution in [0, 0.1) is 6.92 Å². The van der Waals surface area contributed by atoms with Crippen molar-refractivity contribution in [1.82, 2.24) is 0 Å². The Balaban J connectivity index is 1.95. The molecular weight excluding hydrogens is 462 g/mol. The minimum absolute atomic E-state index is 0.0968. The third kappa shape index (κ3) is 3.76. The van der Waals surface area contributed by atoms with Crippen LogP contribution in [0.25, 0.3) is 11.1 Å². The minimum atomic E-state index is -1.92. The molecule has 0 aromatic heterocycles. The number of esters is 2. The monoisotopic (exact) mass is 485 g/mol. The molecule has 0 fully saturated rings. The van der Waals surface area contributed by atoms with E-state index < -0.39 is 29.1 Å². The molecule has 3 aromatic rings. The highest BCUT2D eigenvalue weighted by molar-refractivity contribution is 6.51. The first-order valence-electron chi connectivity index (χ1n) is 11.0. The van der Waals surface area contributed by atoms with Crippen LogP contribution in [0.3, 0.4) is 0 Å². The van der Waals surface area contributed by atoms with Gasteiger partial charge in [-0.25, -0.2) is 4.79 Å². The second-order valence-electron chi connectivity index (χ2n) is 8.21. The summed E-state index contributed by atoms with van der Waals surface area (Å²) in [7, 11) is 2.37. The molecule has 1 aliphatic carbocycles. The summed E-state index contributed by atoms with van der Waals surface area (Å²) >= 11 is 0. The molecule has 8 heteroatoms. The number of carbonyl (C=O) groups is 4. The Morgan fingerprint density at radius 1 is 0.778 bits per heavy atom. The van der Waals surface area contributed by atoms with E-state index in [1.165, 1.54) is 27.2 Å². The van der Waals surface area contributed by atoms with Gasteiger partial charge in [0.2, 0.25) is 11.2 Å². The zero-order valence-corrected chi connectivity index (χ0v) is 20.2. The van der Waals surface area contributed by atoms with E-state index in [2.05, 4.69) is 5.16 Å². The second-order valence-corrected chi connectivity index (χ2v) is 8.21. The molecule has 3 aromatic carbocycles. The first-order valence-corrected chi connectivity index (χ1v) is 11.0. The fourth-order valence-corrected chi connectivity index (χ4v) is 4.55. The van der Waals surface area contributed by atoms with Crippen molar-refractivity contribution in [3.63, 3.8) is 0 Å². The number of nitrogens with zero attached hydrogens (tertiary/aromatic N) is 1. The molecule has 1 aliphatic rings. The summed E-state index contributed by atoms with van der Waals surface area (Å²) in [5.74, 6) is -2.92. The average Bonchev–Trinajstić information content (AvgIpc) is 3.19. The number of oxime groups is 1. The third-order valence-electron chi connectivity index (χ3n) is 6.17. The topological polar surface area (TPSA) is 108 Å². The number of benzene rings is 3. The fraction of sp³-hybridized carbons (Fsp3) is 0.179. The number of carbonyl (C=O) groups excluding carboxylic acids is 4. The molecule has 0 amide bonds. The lowest BCUT2D eigenvalue weighted by Crippen LogP contribution is -2.45. The SMILES string of the molecule is COC(=O)C1(C(=O)OC)c2ccccc2-c2ccc(C(=O)/C(=N/OC(C)=O)c3ccccc3C)cc21. The standard InChI is InChI=1S/C28H23NO7/c1-16-9-5-6-10-19(16)24(29-36-17(2)30)25(31)18-13-14-21-20-11-7-8-12-22(20)28(23(21)15-18,26(32)34-3)27(33)35-4/h5-15H,1-4H3/b29-24+. The van der Waals surface area contributed by atoms with Crippen LogP contribution < -0.4 is 0 Å². The molecule has 0 saturated heterocycles. The number of rotatable bonds is 6. The predicted molar refractivity (Wildman–Crippen MR) is 131 cm³/mol. The summed E-state index contributed by atoms with van der Waals surface area (Å²) in [6.07, 6.45) is 0. The van der Waals surface area contributed by atoms with Gasteiger partial charge in [0.05, 0.1) is 14.2 Å². The summed E-state index contributed by atoms with van der Waals surface area (Å²) in [6, 6.07) is 18.7. The lowest BCUT2D eigenvalue weighted by Gasteiger charge is -2.26. The van der Waals surface area contributed by atoms with E-state index in [-0.39, 0.29) is 16.8 Å². The number of methoxy groups -OCH3 is 2. The first-order chi connectivity index (χ1) is 17.3. The Kier molecular flexibility index (Phi) is 6.53. The smallest absolute Gasteiger partial charge is 0.332 e. The molecule has 0 spiro atoms. The molecule has 0 bridgehead atoms. The van der Waals surface area contributed by atoms with Crippen molar-refractivity contribution >= 4 is 29.4 Å². The van der Waals surface area contributed by atoms with E-state index in [9.17, 15) is 19.2 Å². The molecule has 0 heterocycles. The van der Waals surface area contributed by atoms with Crippen molar-refractivity contribution in [3.8, 4) is 11.1 Å². The zero-order chi connectivity index (χ0) is 26.0. The molecule has 182 valence electrons. The van der Waals surface area contributed by atoms with Crippen LogP contribution in [-0.4, -0.2) is 43.6 Å². The maximum Gasteiger partial charge on any atom is 0.332 e. The highest BCUT2D eigenvalue weighted by atomic mass is 16.7. The van der Waals surface area contributed by atoms with E-state index in [1.807, 2.05) is 0 Å². The van der Waals surface area contributed by atoms with Gasteiger partial charge in [0, 0.05) is 18.1 Å². The molecule has 0 N–H and O–H groups in total. The van der Waals surface area contributed by atoms with Crippen molar-refractivity contribution < 1.29 is 33.5 Å². The Morgan fingerprint density at radius 3 is 2.03 bits per heavy atom. The Hall–Kier alpha value is -4.59. The van der Waals surface area contributed by atoms with E-state index in [0.29, 0.717) is 22.3 Å². The summed E-state index contributed by atoms with van der Waals surface area (Å²) in [5.41, 5.74) is 1.22. The summed E-state index contributed by atoms with van der Waals surface area (Å²) in [4.78, 5) is 56.5. The van der Waals surface area contributed by atoms with Crippen molar-refractivity contribution in [1.29, 1.82) is 0 Å². The maximum absolute atomic E-state index is 13.7. The highest BCUT2D eigenvalue weighted by Crippen LogP contribution is 2.50. The molecule has 0 saturated carbocycles. The zero-order valence-electron chi connectivity index (χ0n) is 20.2. The van der Waals surface area contributed by atoms with Gasteiger partial charge in [-0.15, -0.1) is 0 Å². The van der Waals surface area contributed by atoms with Crippen LogP contribution in [0.2, 0.25) is 0 Å². The quantitative estimate of drug-likeness (QED) is 0.131. The fourth-order valence-electron chi connectivity index (χ4n) is 4.55. The van der Waals surface area contributed by atoms with Crippen molar-refractivity contribution in [2.75, 3.05) is 14.2 Å². The number of hydrogen-bond acceptors (Lipinski definition) is 8. The van der Waals surface area contributed by atoms with Gasteiger partial charge in [0.15, 0.2) is 5.71 Å². The van der Waals surface area contributed by atoms with Crippen LogP contribution in [0.4, 0.5) is 0 Å². The number of fused-ring (bicyclic) bond motifs is 3. The second kappa shape index (κ2) is 9.58. The van der Waals surface area contributed by atoms with Crippen molar-refractivity contribution in [2.45, 2.75) is 19.3 Å². The molecule has 4 rings (SSSR count). The largest absolute Gasteiger partial charge is 0.468 e. The van der Waals surface area contributed by atoms with Crippen LogP contribution >= 0.6 is 0 Å². The number of hydrogen-bond donors (Lipinski definition) is 0. The average molecular weight is 485 g/mol. The Bertz CT molecular complexity index is 1420. The maximum atomic E-state index is 13.7. The molecule has 0 aliphatic heterocycles. The van der Waals surface area contributed by atoms with Gasteiger partial charge in [-0.1, -0.05) is 65.8 Å². The van der Waals surface area contributed by atoms with Crippen LogP contribution in [0.5, 0.6) is 0 Å². The van der Waals surface area contributed by atoms with Crippen LogP contribution in [0.15, 0.2) is 71.9 Å². The van der Waals surface area contributed by atoms with Gasteiger partial charge >= 0.3 is 17.9 Å². The van der Waals surface area contributed by atoms with E-state index in [0.717, 1.165) is 5.56 Å². The van der Waals surface area contributed by atoms with E-state index in [4.69, 9.17) is 14.3 Å². The Labute approximate surface area is 207 Å². The summed E-state index contributed by atoms with van der Waals surface area (Å²) in [6.45, 7) is 2.97. The number of aryl methyl sites for hydroxylation is 1. The van der Waals surface area contributed by atoms with Gasteiger partial charge in [0.1, 0.15) is 0 Å². The van der Waals surface area contributed by atoms with Gasteiger partial charge < -0.3 is 14.3 Å². The molecule has 0 radical (unpaired) electrons. The van der Waals surface area contributed by atoms with Gasteiger partial charge in [0.25, 0.3) is 0 Å². The summed E-state index contributed by atoms with van der Waals surface area (Å²) < 4.78 is 10.1. The van der Waals surface area contributed by atoms with Crippen LogP contribution in [0.1, 0.15) is 39.5 Å². The van der Waals surface area contributed by atoms with Gasteiger partial charge in [-0.3, -0.25) is 14.4 Å². The minimum Gasteiger partial charge on any atom is -0.468 e. The lowest BCUT2D eigenvalue weighted by atomic mass is 9.77.